The predicted molar refractivity (Wildman–Crippen MR) is 315 cm³/mol. The van der Waals surface area contributed by atoms with Gasteiger partial charge in [0.05, 0.1) is 17.1 Å². The van der Waals surface area contributed by atoms with E-state index >= 15 is 0 Å². The molecule has 0 radical (unpaired) electrons. The Kier molecular flexibility index (Phi) is 10.2. The van der Waals surface area contributed by atoms with Crippen LogP contribution in [0, 0.1) is 0 Å². The zero-order valence-corrected chi connectivity index (χ0v) is 42.6. The Bertz CT molecular complexity index is 3930. The third-order valence-electron chi connectivity index (χ3n) is 16.2. The molecule has 0 saturated carbocycles. The van der Waals surface area contributed by atoms with Crippen molar-refractivity contribution in [3.63, 3.8) is 0 Å². The van der Waals surface area contributed by atoms with E-state index in [0.29, 0.717) is 0 Å². The molecule has 0 aliphatic carbocycles. The van der Waals surface area contributed by atoms with E-state index in [0.717, 1.165) is 44.6 Å². The quantitative estimate of drug-likeness (QED) is 0.151. The van der Waals surface area contributed by atoms with Gasteiger partial charge < -0.3 is 14.2 Å². The fourth-order valence-electron chi connectivity index (χ4n) is 12.1. The molecule has 75 heavy (non-hydrogen) atoms. The molecule has 358 valence electrons. The Hall–Kier alpha value is -9.18. The fourth-order valence-corrected chi connectivity index (χ4v) is 12.1. The van der Waals surface area contributed by atoms with E-state index in [1.54, 1.807) is 0 Å². The highest BCUT2D eigenvalue weighted by Crippen LogP contribution is 2.61. The number of hydrogen-bond acceptors (Lipinski definition) is 3. The molecule has 0 unspecified atom stereocenters. The van der Waals surface area contributed by atoms with Gasteiger partial charge in [-0.2, -0.15) is 0 Å². The molecule has 12 aromatic rings. The van der Waals surface area contributed by atoms with E-state index in [4.69, 9.17) is 4.42 Å². The summed E-state index contributed by atoms with van der Waals surface area (Å²) in [5, 5.41) is 2.16. The van der Waals surface area contributed by atoms with Crippen LogP contribution in [0.1, 0.15) is 49.9 Å². The maximum atomic E-state index is 6.69. The largest absolute Gasteiger partial charge is 0.456 e. The highest BCUT2D eigenvalue weighted by molar-refractivity contribution is 6.08. The van der Waals surface area contributed by atoms with Crippen molar-refractivity contribution in [1.82, 2.24) is 0 Å². The minimum atomic E-state index is -0.322. The summed E-state index contributed by atoms with van der Waals surface area (Å²) in [6.45, 7) is 9.68. The first-order valence-corrected chi connectivity index (χ1v) is 26.1. The average molecular weight is 963 g/mol. The summed E-state index contributed by atoms with van der Waals surface area (Å²) in [7, 11) is 0. The van der Waals surface area contributed by atoms with Gasteiger partial charge in [-0.3, -0.25) is 0 Å². The number of nitrogens with zero attached hydrogens (tertiary/aromatic N) is 2. The van der Waals surface area contributed by atoms with Crippen LogP contribution in [0.4, 0.5) is 34.1 Å². The molecule has 0 N–H and O–H groups in total. The van der Waals surface area contributed by atoms with Gasteiger partial charge in [-0.1, -0.05) is 191 Å². The first kappa shape index (κ1) is 44.5. The molecule has 0 saturated heterocycles. The summed E-state index contributed by atoms with van der Waals surface area (Å²) in [5.41, 5.74) is 25.3. The number of anilines is 6. The van der Waals surface area contributed by atoms with E-state index in [9.17, 15) is 0 Å². The van der Waals surface area contributed by atoms with Crippen LogP contribution in [0.3, 0.4) is 0 Å². The molecular formula is C72H54N2O. The summed E-state index contributed by atoms with van der Waals surface area (Å²) in [4.78, 5) is 4.93. The third-order valence-corrected chi connectivity index (χ3v) is 16.2. The van der Waals surface area contributed by atoms with E-state index in [1.165, 1.54) is 89.4 Å². The van der Waals surface area contributed by atoms with Crippen LogP contribution in [0.5, 0.6) is 0 Å². The predicted octanol–water partition coefficient (Wildman–Crippen LogP) is 20.1. The normalized spacial score (nSPS) is 13.8. The molecule has 3 heterocycles. The summed E-state index contributed by atoms with van der Waals surface area (Å²) in [6, 6.07) is 93.2. The molecular weight excluding hydrogens is 909 g/mol. The maximum Gasteiger partial charge on any atom is 0.135 e. The molecule has 14 rings (SSSR count). The van der Waals surface area contributed by atoms with Gasteiger partial charge in [-0.05, 0) is 169 Å². The Morgan fingerprint density at radius 1 is 0.293 bits per heavy atom. The lowest BCUT2D eigenvalue weighted by molar-refractivity contribution is 0.598. The lowest BCUT2D eigenvalue weighted by Crippen LogP contribution is -2.38. The third kappa shape index (κ3) is 7.33. The van der Waals surface area contributed by atoms with Gasteiger partial charge in [-0.15, -0.1) is 0 Å². The van der Waals surface area contributed by atoms with Gasteiger partial charge in [0.15, 0.2) is 0 Å². The highest BCUT2D eigenvalue weighted by atomic mass is 16.3. The van der Waals surface area contributed by atoms with Gasteiger partial charge in [0, 0.05) is 38.7 Å². The number of rotatable bonds is 8. The first-order valence-electron chi connectivity index (χ1n) is 26.1. The minimum absolute atomic E-state index is 0.322. The van der Waals surface area contributed by atoms with Crippen molar-refractivity contribution < 1.29 is 4.42 Å². The molecule has 0 amide bonds. The summed E-state index contributed by atoms with van der Waals surface area (Å²) < 4.78 is 6.69. The minimum Gasteiger partial charge on any atom is -0.456 e. The Morgan fingerprint density at radius 2 is 0.627 bits per heavy atom. The van der Waals surface area contributed by atoms with Crippen molar-refractivity contribution in [3.8, 4) is 55.6 Å². The van der Waals surface area contributed by atoms with E-state index in [2.05, 4.69) is 292 Å². The Morgan fingerprint density at radius 3 is 1.08 bits per heavy atom. The highest BCUT2D eigenvalue weighted by Gasteiger charge is 2.46. The summed E-state index contributed by atoms with van der Waals surface area (Å²) >= 11 is 0. The molecule has 0 fully saturated rings. The number of benzene rings is 11. The van der Waals surface area contributed by atoms with Crippen molar-refractivity contribution >= 4 is 56.1 Å². The average Bonchev–Trinajstić information content (AvgIpc) is 3.93. The molecule has 1 aromatic heterocycles. The van der Waals surface area contributed by atoms with E-state index in [-0.39, 0.29) is 10.8 Å². The number of hydrogen-bond donors (Lipinski definition) is 0. The van der Waals surface area contributed by atoms with Crippen molar-refractivity contribution in [3.05, 3.63) is 277 Å². The fraction of sp³-hybridized carbons (Fsp3) is 0.0833. The van der Waals surface area contributed by atoms with Crippen molar-refractivity contribution in [1.29, 1.82) is 0 Å². The molecule has 3 nitrogen and oxygen atoms in total. The van der Waals surface area contributed by atoms with Crippen molar-refractivity contribution in [2.45, 2.75) is 38.5 Å². The Labute approximate surface area is 439 Å². The number of fused-ring (bicyclic) bond motifs is 7. The van der Waals surface area contributed by atoms with Gasteiger partial charge in [0.1, 0.15) is 11.2 Å². The van der Waals surface area contributed by atoms with Crippen LogP contribution in [-0.4, -0.2) is 0 Å². The van der Waals surface area contributed by atoms with Crippen LogP contribution < -0.4 is 9.80 Å². The van der Waals surface area contributed by atoms with Crippen molar-refractivity contribution in [2.24, 2.45) is 0 Å². The molecule has 0 spiro atoms. The van der Waals surface area contributed by atoms with Gasteiger partial charge >= 0.3 is 0 Å². The zero-order valence-electron chi connectivity index (χ0n) is 42.6. The second kappa shape index (κ2) is 17.2. The van der Waals surface area contributed by atoms with Crippen LogP contribution in [0.2, 0.25) is 0 Å². The van der Waals surface area contributed by atoms with Crippen LogP contribution >= 0.6 is 0 Å². The van der Waals surface area contributed by atoms with Gasteiger partial charge in [0.2, 0.25) is 0 Å². The van der Waals surface area contributed by atoms with Crippen LogP contribution in [-0.2, 0) is 10.8 Å². The van der Waals surface area contributed by atoms with Gasteiger partial charge in [0.25, 0.3) is 0 Å². The first-order chi connectivity index (χ1) is 36.7. The molecule has 2 aliphatic heterocycles. The molecule has 2 aliphatic rings. The smallest absolute Gasteiger partial charge is 0.135 e. The van der Waals surface area contributed by atoms with Gasteiger partial charge in [-0.25, -0.2) is 0 Å². The maximum absolute atomic E-state index is 6.69. The van der Waals surface area contributed by atoms with E-state index < -0.39 is 0 Å². The van der Waals surface area contributed by atoms with Crippen LogP contribution in [0.15, 0.2) is 259 Å². The second-order valence-corrected chi connectivity index (χ2v) is 21.4. The molecule has 11 aromatic carbocycles. The van der Waals surface area contributed by atoms with E-state index in [1.807, 2.05) is 0 Å². The monoisotopic (exact) mass is 962 g/mol. The number of furan rings is 1. The standard InChI is InChI=1S/C72H54N2O/c1-71(2)62-42-54(49-21-13-7-14-22-49)29-37-66(62)74-67-38-30-55(50-23-15-8-16-24-50)43-63(67)72(3,4)65-45-56(44-64(71)70(65)74)53-31-39-68-60(41-53)61-46-59(36-40-69(61)75-68)73(57-32-25-51(26-33-57)47-17-9-5-10-18-47)58-34-27-52(28-35-58)48-19-11-6-12-20-48/h5-46H,1-4H3. The Balaban J connectivity index is 0.926. The SMILES string of the molecule is CC1(C)c2cc(-c3ccccc3)ccc2N2c3ccc(-c4ccccc4)cc3C(C)(C)c3cc(-c4ccc5oc6ccc(N(c7ccc(-c8ccccc8)cc7)c7ccc(-c8ccccc8)cc7)cc6c5c4)cc1c32. The second-order valence-electron chi connectivity index (χ2n) is 21.4. The van der Waals surface area contributed by atoms with Crippen molar-refractivity contribution in [2.75, 3.05) is 9.80 Å². The topological polar surface area (TPSA) is 19.6 Å². The lowest BCUT2D eigenvalue weighted by atomic mass is 9.65. The lowest BCUT2D eigenvalue weighted by Gasteiger charge is -2.50. The van der Waals surface area contributed by atoms with Crippen LogP contribution in [0.25, 0.3) is 77.6 Å². The zero-order chi connectivity index (χ0) is 50.4. The molecule has 3 heteroatoms. The molecule has 0 atom stereocenters. The summed E-state index contributed by atoms with van der Waals surface area (Å²) in [5.74, 6) is 0. The summed E-state index contributed by atoms with van der Waals surface area (Å²) in [6.07, 6.45) is 0. The molecule has 0 bridgehead atoms.